The molecule has 14 heavy (non-hydrogen) atoms. The molecule has 0 unspecified atom stereocenters. The first-order chi connectivity index (χ1) is 5.63. The summed E-state index contributed by atoms with van der Waals surface area (Å²) in [5.41, 5.74) is 0. The molecule has 1 saturated heterocycles. The summed E-state index contributed by atoms with van der Waals surface area (Å²) in [7, 11) is 0. The molecule has 0 saturated carbocycles. The van der Waals surface area contributed by atoms with E-state index in [-0.39, 0.29) is 34.0 Å². The molecule has 1 rings (SSSR count). The van der Waals surface area contributed by atoms with Crippen LogP contribution in [0, 0.1) is 0 Å². The average Bonchev–Trinajstić information content (AvgIpc) is 2.36. The van der Waals surface area contributed by atoms with E-state index in [0.29, 0.717) is 0 Å². The van der Waals surface area contributed by atoms with E-state index in [1.807, 2.05) is 0 Å². The Bertz CT molecular complexity index is 87.2. The van der Waals surface area contributed by atoms with Crippen molar-refractivity contribution in [3.05, 3.63) is 0 Å². The second-order valence-corrected chi connectivity index (χ2v) is 7.15. The van der Waals surface area contributed by atoms with Crippen molar-refractivity contribution < 1.29 is 56.7 Å². The Labute approximate surface area is 118 Å². The molecule has 2 nitrogen and oxygen atoms in total. The Morgan fingerprint density at radius 2 is 1.57 bits per heavy atom. The van der Waals surface area contributed by atoms with E-state index >= 15 is 0 Å². The molecule has 0 aliphatic carbocycles. The van der Waals surface area contributed by atoms with Gasteiger partial charge in [-0.1, -0.05) is 0 Å². The van der Waals surface area contributed by atoms with Crippen molar-refractivity contribution in [1.82, 2.24) is 5.32 Å². The van der Waals surface area contributed by atoms with E-state index in [4.69, 9.17) is 4.74 Å². The van der Waals surface area contributed by atoms with Gasteiger partial charge in [-0.3, -0.25) is 5.32 Å². The van der Waals surface area contributed by atoms with Crippen LogP contribution in [-0.4, -0.2) is 19.9 Å². The SMILES string of the molecule is C1COCN1.C[CH](C)[Pd+2][CH](C)C.[Br-].[Br-]. The van der Waals surface area contributed by atoms with Crippen LogP contribution in [0.5, 0.6) is 0 Å². The zero-order chi connectivity index (χ0) is 9.40. The topological polar surface area (TPSA) is 21.3 Å². The first-order valence-electron chi connectivity index (χ1n) is 4.46. The van der Waals surface area contributed by atoms with Crippen molar-refractivity contribution in [1.29, 1.82) is 0 Å². The summed E-state index contributed by atoms with van der Waals surface area (Å²) >= 11 is 0.972. The van der Waals surface area contributed by atoms with Crippen LogP contribution in [0.3, 0.4) is 0 Å². The van der Waals surface area contributed by atoms with Gasteiger partial charge in [-0.2, -0.15) is 0 Å². The van der Waals surface area contributed by atoms with Gasteiger partial charge in [0.15, 0.2) is 0 Å². The molecule has 0 radical (unpaired) electrons. The van der Waals surface area contributed by atoms with Crippen LogP contribution in [-0.2, 0) is 22.7 Å². The first-order valence-corrected chi connectivity index (χ1v) is 6.25. The largest absolute Gasteiger partial charge is 1.00 e. The predicted molar refractivity (Wildman–Crippen MR) is 49.0 cm³/mol. The molecule has 92 valence electrons. The molecule has 0 aromatic rings. The fourth-order valence-corrected chi connectivity index (χ4v) is 2.86. The van der Waals surface area contributed by atoms with Crippen molar-refractivity contribution in [3.63, 3.8) is 0 Å². The molecule has 5 heteroatoms. The third kappa shape index (κ3) is 19.2. The van der Waals surface area contributed by atoms with Gasteiger partial charge < -0.3 is 38.7 Å². The van der Waals surface area contributed by atoms with Gasteiger partial charge in [0.05, 0.1) is 13.3 Å². The number of halogens is 2. The fraction of sp³-hybridized carbons (Fsp3) is 1.00. The molecule has 1 aliphatic rings. The molecule has 0 aromatic heterocycles. The van der Waals surface area contributed by atoms with Crippen LogP contribution in [0.4, 0.5) is 0 Å². The van der Waals surface area contributed by atoms with Crippen molar-refractivity contribution >= 4 is 0 Å². The van der Waals surface area contributed by atoms with Crippen LogP contribution in [0.15, 0.2) is 0 Å². The first kappa shape index (κ1) is 20.9. The van der Waals surface area contributed by atoms with E-state index in [0.717, 1.165) is 46.6 Å². The van der Waals surface area contributed by atoms with Gasteiger partial charge >= 0.3 is 54.5 Å². The minimum Gasteiger partial charge on any atom is -1.00 e. The molecule has 1 aliphatic heterocycles. The van der Waals surface area contributed by atoms with Crippen molar-refractivity contribution in [2.45, 2.75) is 36.5 Å². The fourth-order valence-electron chi connectivity index (χ4n) is 0.782. The molecule has 1 fully saturated rings. The maximum absolute atomic E-state index is 4.83. The van der Waals surface area contributed by atoms with Crippen LogP contribution < -0.4 is 39.3 Å². The minimum atomic E-state index is 0. The van der Waals surface area contributed by atoms with Gasteiger partial charge in [-0.15, -0.1) is 0 Å². The summed E-state index contributed by atoms with van der Waals surface area (Å²) in [5.74, 6) is 0. The molecule has 1 N–H and O–H groups in total. The summed E-state index contributed by atoms with van der Waals surface area (Å²) < 4.78 is 6.68. The summed E-state index contributed by atoms with van der Waals surface area (Å²) in [6.07, 6.45) is 0. The van der Waals surface area contributed by atoms with Crippen molar-refractivity contribution in [2.75, 3.05) is 19.9 Å². The number of nitrogens with one attached hydrogen (secondary N) is 1. The van der Waals surface area contributed by atoms with E-state index in [1.165, 1.54) is 0 Å². The van der Waals surface area contributed by atoms with Gasteiger partial charge in [0.2, 0.25) is 0 Å². The number of rotatable bonds is 2. The molecular weight excluding hydrogens is 404 g/mol. The monoisotopic (exact) mass is 423 g/mol. The molecule has 0 atom stereocenters. The van der Waals surface area contributed by atoms with Crippen LogP contribution in [0.1, 0.15) is 27.7 Å². The Morgan fingerprint density at radius 1 is 1.07 bits per heavy atom. The van der Waals surface area contributed by atoms with Crippen molar-refractivity contribution in [3.8, 4) is 0 Å². The van der Waals surface area contributed by atoms with E-state index in [2.05, 4.69) is 33.0 Å². The van der Waals surface area contributed by atoms with Gasteiger partial charge in [0, 0.05) is 6.54 Å². The quantitative estimate of drug-likeness (QED) is 0.460. The van der Waals surface area contributed by atoms with Crippen LogP contribution in [0.2, 0.25) is 8.78 Å². The van der Waals surface area contributed by atoms with Crippen molar-refractivity contribution in [2.24, 2.45) is 0 Å². The van der Waals surface area contributed by atoms with Crippen LogP contribution >= 0.6 is 0 Å². The predicted octanol–water partition coefficient (Wildman–Crippen LogP) is -3.70. The Hall–Kier alpha value is 1.54. The number of ether oxygens (including phenoxy) is 1. The third-order valence-electron chi connectivity index (χ3n) is 1.05. The summed E-state index contributed by atoms with van der Waals surface area (Å²) in [4.78, 5) is 0. The minimum absolute atomic E-state index is 0. The summed E-state index contributed by atoms with van der Waals surface area (Å²) in [6, 6.07) is 0. The molecule has 0 spiro atoms. The standard InChI is InChI=1S/C3H7NO.2C3H7.2BrH.Pd/c1-2-5-3-4-1;2*1-3-2;;;/h4H,1-3H2;2*3H,1-2H3;2*1H;/q;;;;;+2/p-2. The average molecular weight is 426 g/mol. The maximum Gasteiger partial charge on any atom is -1.00 e. The van der Waals surface area contributed by atoms with Crippen LogP contribution in [0.25, 0.3) is 0 Å². The van der Waals surface area contributed by atoms with Gasteiger partial charge in [0.1, 0.15) is 0 Å². The van der Waals surface area contributed by atoms with E-state index in [1.54, 1.807) is 0 Å². The van der Waals surface area contributed by atoms with Gasteiger partial charge in [0.25, 0.3) is 0 Å². The molecule has 1 heterocycles. The second-order valence-electron chi connectivity index (χ2n) is 3.04. The summed E-state index contributed by atoms with van der Waals surface area (Å²) in [6.45, 7) is 11.8. The number of hydrogen-bond donors (Lipinski definition) is 1. The second kappa shape index (κ2) is 14.5. The maximum atomic E-state index is 4.83. The Morgan fingerprint density at radius 3 is 1.64 bits per heavy atom. The van der Waals surface area contributed by atoms with E-state index < -0.39 is 0 Å². The Kier molecular flexibility index (Phi) is 21.7. The zero-order valence-electron chi connectivity index (χ0n) is 9.26. The molecular formula is C9H21Br2NOPd. The zero-order valence-corrected chi connectivity index (χ0v) is 14.0. The van der Waals surface area contributed by atoms with E-state index in [9.17, 15) is 0 Å². The third-order valence-corrected chi connectivity index (χ3v) is 3.12. The smallest absolute Gasteiger partial charge is 1.00 e. The normalized spacial score (nSPS) is 14.4. The number of hydrogen-bond acceptors (Lipinski definition) is 2. The molecule has 0 amide bonds. The van der Waals surface area contributed by atoms with Gasteiger partial charge in [-0.25, -0.2) is 0 Å². The Balaban J connectivity index is -0.000000155. The molecule has 0 aromatic carbocycles. The van der Waals surface area contributed by atoms with Gasteiger partial charge in [-0.05, 0) is 0 Å². The molecule has 0 bridgehead atoms. The summed E-state index contributed by atoms with van der Waals surface area (Å²) in [5, 5.41) is 3.00.